The van der Waals surface area contributed by atoms with Crippen LogP contribution in [0.1, 0.15) is 39.0 Å². The SMILES string of the molecule is C=C(C)C(=O)OC12CC3CC(C1)C(C=O)C(C3)C2. The highest BCUT2D eigenvalue weighted by molar-refractivity contribution is 5.87. The Morgan fingerprint density at radius 1 is 1.28 bits per heavy atom. The van der Waals surface area contributed by atoms with Crippen LogP contribution < -0.4 is 0 Å². The molecule has 0 radical (unpaired) electrons. The van der Waals surface area contributed by atoms with Crippen molar-refractivity contribution in [3.8, 4) is 0 Å². The van der Waals surface area contributed by atoms with Gasteiger partial charge >= 0.3 is 5.97 Å². The van der Waals surface area contributed by atoms with Crippen LogP contribution in [0, 0.1) is 23.7 Å². The molecule has 4 aliphatic carbocycles. The summed E-state index contributed by atoms with van der Waals surface area (Å²) < 4.78 is 5.75. The third-order valence-electron chi connectivity index (χ3n) is 5.10. The molecule has 18 heavy (non-hydrogen) atoms. The van der Waals surface area contributed by atoms with Crippen LogP contribution in [0.15, 0.2) is 12.2 Å². The molecule has 4 bridgehead atoms. The molecule has 2 atom stereocenters. The van der Waals surface area contributed by atoms with Gasteiger partial charge in [-0.05, 0) is 56.8 Å². The number of esters is 1. The number of aldehydes is 1. The molecule has 98 valence electrons. The van der Waals surface area contributed by atoms with Gasteiger partial charge in [0.05, 0.1) is 0 Å². The highest BCUT2D eigenvalue weighted by atomic mass is 16.6. The number of ether oxygens (including phenoxy) is 1. The minimum absolute atomic E-state index is 0.207. The van der Waals surface area contributed by atoms with Crippen LogP contribution in [0.5, 0.6) is 0 Å². The van der Waals surface area contributed by atoms with Crippen molar-refractivity contribution < 1.29 is 14.3 Å². The van der Waals surface area contributed by atoms with E-state index in [4.69, 9.17) is 4.74 Å². The molecular weight excluding hydrogens is 228 g/mol. The molecule has 4 aliphatic rings. The molecule has 0 aromatic carbocycles. The average molecular weight is 248 g/mol. The Morgan fingerprint density at radius 2 is 1.89 bits per heavy atom. The van der Waals surface area contributed by atoms with E-state index in [2.05, 4.69) is 6.58 Å². The first-order valence-corrected chi connectivity index (χ1v) is 6.87. The van der Waals surface area contributed by atoms with Gasteiger partial charge in [0, 0.05) is 11.5 Å². The Balaban J connectivity index is 1.81. The summed E-state index contributed by atoms with van der Waals surface area (Å²) in [6.07, 6.45) is 6.18. The van der Waals surface area contributed by atoms with E-state index in [0.717, 1.165) is 38.4 Å². The van der Waals surface area contributed by atoms with Gasteiger partial charge in [-0.15, -0.1) is 0 Å². The monoisotopic (exact) mass is 248 g/mol. The van der Waals surface area contributed by atoms with Crippen LogP contribution in [-0.2, 0) is 14.3 Å². The molecule has 0 amide bonds. The number of carbonyl (C=O) groups excluding carboxylic acids is 2. The van der Waals surface area contributed by atoms with Crippen LogP contribution in [0.25, 0.3) is 0 Å². The molecule has 4 saturated carbocycles. The standard InChI is InChI=1S/C15H20O3/c1-9(2)14(17)18-15-5-10-3-11(6-15)13(8-16)12(4-10)7-15/h8,10-13H,1,3-7H2,2H3. The van der Waals surface area contributed by atoms with Gasteiger partial charge in [-0.1, -0.05) is 6.58 Å². The van der Waals surface area contributed by atoms with E-state index in [1.807, 2.05) is 0 Å². The van der Waals surface area contributed by atoms with E-state index >= 15 is 0 Å². The van der Waals surface area contributed by atoms with Gasteiger partial charge in [0.15, 0.2) is 0 Å². The van der Waals surface area contributed by atoms with E-state index in [0.29, 0.717) is 23.3 Å². The van der Waals surface area contributed by atoms with E-state index in [9.17, 15) is 9.59 Å². The van der Waals surface area contributed by atoms with Crippen LogP contribution in [-0.4, -0.2) is 17.9 Å². The molecule has 3 heteroatoms. The first kappa shape index (κ1) is 11.9. The zero-order valence-electron chi connectivity index (χ0n) is 10.9. The van der Waals surface area contributed by atoms with Gasteiger partial charge in [-0.25, -0.2) is 4.79 Å². The third kappa shape index (κ3) is 1.72. The van der Waals surface area contributed by atoms with Crippen molar-refractivity contribution in [1.29, 1.82) is 0 Å². The fourth-order valence-electron chi connectivity index (χ4n) is 4.62. The van der Waals surface area contributed by atoms with Crippen molar-refractivity contribution in [3.63, 3.8) is 0 Å². The molecule has 2 unspecified atom stereocenters. The van der Waals surface area contributed by atoms with Gasteiger partial charge in [0.25, 0.3) is 0 Å². The summed E-state index contributed by atoms with van der Waals surface area (Å²) in [5.41, 5.74) is 0.184. The summed E-state index contributed by atoms with van der Waals surface area (Å²) >= 11 is 0. The van der Waals surface area contributed by atoms with E-state index in [-0.39, 0.29) is 17.5 Å². The predicted octanol–water partition coefficient (Wildman–Crippen LogP) is 2.50. The van der Waals surface area contributed by atoms with Crippen molar-refractivity contribution in [3.05, 3.63) is 12.2 Å². The highest BCUT2D eigenvalue weighted by Gasteiger charge is 2.57. The second kappa shape index (κ2) is 3.94. The normalized spacial score (nSPS) is 44.7. The lowest BCUT2D eigenvalue weighted by atomic mass is 9.50. The largest absolute Gasteiger partial charge is 0.456 e. The van der Waals surface area contributed by atoms with E-state index in [1.165, 1.54) is 0 Å². The molecule has 0 aliphatic heterocycles. The highest BCUT2D eigenvalue weighted by Crippen LogP contribution is 2.59. The molecule has 0 saturated heterocycles. The summed E-state index contributed by atoms with van der Waals surface area (Å²) in [5, 5.41) is 0. The maximum absolute atomic E-state index is 11.8. The van der Waals surface area contributed by atoms with Crippen molar-refractivity contribution in [2.24, 2.45) is 23.7 Å². The van der Waals surface area contributed by atoms with E-state index in [1.54, 1.807) is 6.92 Å². The summed E-state index contributed by atoms with van der Waals surface area (Å²) in [7, 11) is 0. The molecule has 0 aromatic rings. The van der Waals surface area contributed by atoms with Gasteiger partial charge in [-0.3, -0.25) is 0 Å². The van der Waals surface area contributed by atoms with Gasteiger partial charge in [-0.2, -0.15) is 0 Å². The molecule has 0 aromatic heterocycles. The summed E-state index contributed by atoms with van der Waals surface area (Å²) in [6, 6.07) is 0. The zero-order valence-corrected chi connectivity index (χ0v) is 10.9. The topological polar surface area (TPSA) is 43.4 Å². The zero-order chi connectivity index (χ0) is 12.9. The summed E-state index contributed by atoms with van der Waals surface area (Å²) in [4.78, 5) is 23.0. The Kier molecular flexibility index (Phi) is 2.61. The quantitative estimate of drug-likeness (QED) is 0.438. The van der Waals surface area contributed by atoms with Crippen LogP contribution in [0.3, 0.4) is 0 Å². The van der Waals surface area contributed by atoms with Crippen LogP contribution in [0.2, 0.25) is 0 Å². The lowest BCUT2D eigenvalue weighted by Crippen LogP contribution is -2.56. The Bertz CT molecular complexity index is 396. The number of rotatable bonds is 3. The molecule has 3 nitrogen and oxygen atoms in total. The molecule has 0 spiro atoms. The van der Waals surface area contributed by atoms with Gasteiger partial charge < -0.3 is 9.53 Å². The summed E-state index contributed by atoms with van der Waals surface area (Å²) in [5.74, 6) is 1.47. The Labute approximate surface area is 108 Å². The maximum Gasteiger partial charge on any atom is 0.333 e. The maximum atomic E-state index is 11.8. The van der Waals surface area contributed by atoms with Crippen molar-refractivity contribution >= 4 is 12.3 Å². The van der Waals surface area contributed by atoms with Gasteiger partial charge in [0.2, 0.25) is 0 Å². The molecule has 0 N–H and O–H groups in total. The summed E-state index contributed by atoms with van der Waals surface area (Å²) in [6.45, 7) is 5.35. The number of hydrogen-bond donors (Lipinski definition) is 0. The number of hydrogen-bond acceptors (Lipinski definition) is 3. The molecular formula is C15H20O3. The molecule has 4 rings (SSSR count). The third-order valence-corrected chi connectivity index (χ3v) is 5.10. The fourth-order valence-corrected chi connectivity index (χ4v) is 4.62. The van der Waals surface area contributed by atoms with Crippen molar-refractivity contribution in [2.45, 2.75) is 44.6 Å². The fraction of sp³-hybridized carbons (Fsp3) is 0.733. The minimum atomic E-state index is -0.286. The predicted molar refractivity (Wildman–Crippen MR) is 66.7 cm³/mol. The minimum Gasteiger partial charge on any atom is -0.456 e. The van der Waals surface area contributed by atoms with Crippen LogP contribution in [0.4, 0.5) is 0 Å². The Hall–Kier alpha value is -1.12. The number of carbonyl (C=O) groups is 2. The lowest BCUT2D eigenvalue weighted by Gasteiger charge is -2.58. The average Bonchev–Trinajstić information content (AvgIpc) is 2.27. The van der Waals surface area contributed by atoms with Gasteiger partial charge in [0.1, 0.15) is 11.9 Å². The molecule has 4 fully saturated rings. The lowest BCUT2D eigenvalue weighted by molar-refractivity contribution is -0.190. The second-order valence-corrected chi connectivity index (χ2v) is 6.54. The van der Waals surface area contributed by atoms with E-state index < -0.39 is 0 Å². The molecule has 0 heterocycles. The smallest absolute Gasteiger partial charge is 0.333 e. The Morgan fingerprint density at radius 3 is 2.39 bits per heavy atom. The first-order valence-electron chi connectivity index (χ1n) is 6.87. The second-order valence-electron chi connectivity index (χ2n) is 6.54. The van der Waals surface area contributed by atoms with Crippen LogP contribution >= 0.6 is 0 Å². The van der Waals surface area contributed by atoms with Crippen molar-refractivity contribution in [2.75, 3.05) is 0 Å². The van der Waals surface area contributed by atoms with Crippen molar-refractivity contribution in [1.82, 2.24) is 0 Å². The first-order chi connectivity index (χ1) is 8.53.